The van der Waals surface area contributed by atoms with E-state index in [2.05, 4.69) is 10.6 Å². The summed E-state index contributed by atoms with van der Waals surface area (Å²) >= 11 is 0. The van der Waals surface area contributed by atoms with E-state index >= 15 is 0 Å². The summed E-state index contributed by atoms with van der Waals surface area (Å²) in [5, 5.41) is 5.71. The average Bonchev–Trinajstić information content (AvgIpc) is 2.38. The minimum atomic E-state index is -0.516. The van der Waals surface area contributed by atoms with Crippen molar-refractivity contribution in [1.29, 1.82) is 0 Å². The average molecular weight is 267 g/mol. The van der Waals surface area contributed by atoms with Crippen LogP contribution >= 0.6 is 0 Å². The molecule has 0 heterocycles. The van der Waals surface area contributed by atoms with Gasteiger partial charge in [0.05, 0.1) is 13.7 Å². The van der Waals surface area contributed by atoms with Crippen molar-refractivity contribution in [1.82, 2.24) is 10.6 Å². The Bertz CT molecular complexity index is 410. The van der Waals surface area contributed by atoms with E-state index in [1.165, 1.54) is 0 Å². The second-order valence-electron chi connectivity index (χ2n) is 3.85. The fourth-order valence-electron chi connectivity index (χ4n) is 1.70. The third kappa shape index (κ3) is 5.05. The molecule has 0 atom stereocenters. The molecule has 0 saturated carbocycles. The fraction of sp³-hybridized carbons (Fsp3) is 0.462. The van der Waals surface area contributed by atoms with E-state index in [1.54, 1.807) is 7.11 Å². The molecule has 106 valence electrons. The van der Waals surface area contributed by atoms with E-state index in [9.17, 15) is 4.79 Å². The molecular formula is C13H21N3O3. The van der Waals surface area contributed by atoms with E-state index in [-0.39, 0.29) is 0 Å². The van der Waals surface area contributed by atoms with Crippen LogP contribution in [-0.2, 0) is 6.54 Å². The van der Waals surface area contributed by atoms with Crippen LogP contribution in [0.4, 0.5) is 4.79 Å². The Morgan fingerprint density at radius 3 is 2.79 bits per heavy atom. The van der Waals surface area contributed by atoms with Gasteiger partial charge in [0.1, 0.15) is 0 Å². The second-order valence-corrected chi connectivity index (χ2v) is 3.85. The van der Waals surface area contributed by atoms with Crippen molar-refractivity contribution in [2.45, 2.75) is 13.5 Å². The number of hydrogen-bond donors (Lipinski definition) is 3. The quantitative estimate of drug-likeness (QED) is 0.610. The number of primary amides is 1. The van der Waals surface area contributed by atoms with Crippen LogP contribution in [0.1, 0.15) is 12.5 Å². The number of nitrogens with one attached hydrogen (secondary N) is 2. The van der Waals surface area contributed by atoms with Crippen molar-refractivity contribution >= 4 is 6.03 Å². The molecule has 0 saturated heterocycles. The molecule has 2 amide bonds. The number of urea groups is 1. The van der Waals surface area contributed by atoms with Crippen LogP contribution in [0.5, 0.6) is 11.5 Å². The Morgan fingerprint density at radius 2 is 2.16 bits per heavy atom. The first-order valence-corrected chi connectivity index (χ1v) is 6.21. The summed E-state index contributed by atoms with van der Waals surface area (Å²) in [5.74, 6) is 1.47. The summed E-state index contributed by atoms with van der Waals surface area (Å²) in [4.78, 5) is 10.5. The van der Waals surface area contributed by atoms with Gasteiger partial charge in [-0.05, 0) is 13.0 Å². The summed E-state index contributed by atoms with van der Waals surface area (Å²) in [5.41, 5.74) is 5.98. The highest BCUT2D eigenvalue weighted by Crippen LogP contribution is 2.30. The van der Waals surface area contributed by atoms with Crippen LogP contribution < -0.4 is 25.8 Å². The number of ether oxygens (including phenoxy) is 2. The minimum Gasteiger partial charge on any atom is -0.493 e. The SMILES string of the molecule is CCOc1cccc(CNCCNC(N)=O)c1OC. The van der Waals surface area contributed by atoms with Gasteiger partial charge in [-0.25, -0.2) is 4.79 Å². The Hall–Kier alpha value is -1.95. The molecule has 0 spiro atoms. The molecule has 1 aromatic rings. The number of rotatable bonds is 8. The predicted octanol–water partition coefficient (Wildman–Crippen LogP) is 0.852. The summed E-state index contributed by atoms with van der Waals surface area (Å²) in [6.45, 7) is 4.27. The van der Waals surface area contributed by atoms with Crippen LogP contribution in [0, 0.1) is 0 Å². The Morgan fingerprint density at radius 1 is 1.37 bits per heavy atom. The van der Waals surface area contributed by atoms with Crippen LogP contribution in [0.25, 0.3) is 0 Å². The predicted molar refractivity (Wildman–Crippen MR) is 73.5 cm³/mol. The Kier molecular flexibility index (Phi) is 6.52. The lowest BCUT2D eigenvalue weighted by Crippen LogP contribution is -2.35. The summed E-state index contributed by atoms with van der Waals surface area (Å²) in [6.07, 6.45) is 0. The number of methoxy groups -OCH3 is 1. The maximum Gasteiger partial charge on any atom is 0.312 e. The monoisotopic (exact) mass is 267 g/mol. The zero-order valence-electron chi connectivity index (χ0n) is 11.4. The molecule has 0 fully saturated rings. The van der Waals surface area contributed by atoms with Crippen molar-refractivity contribution in [2.75, 3.05) is 26.8 Å². The van der Waals surface area contributed by atoms with Crippen molar-refractivity contribution in [3.8, 4) is 11.5 Å². The van der Waals surface area contributed by atoms with E-state index in [4.69, 9.17) is 15.2 Å². The minimum absolute atomic E-state index is 0.489. The van der Waals surface area contributed by atoms with Gasteiger partial charge < -0.3 is 25.8 Å². The summed E-state index contributed by atoms with van der Waals surface area (Å²) < 4.78 is 10.9. The molecule has 0 unspecified atom stereocenters. The van der Waals surface area contributed by atoms with Crippen molar-refractivity contribution < 1.29 is 14.3 Å². The molecule has 1 aromatic carbocycles. The second kappa shape index (κ2) is 8.20. The number of carbonyl (C=O) groups is 1. The number of hydrogen-bond acceptors (Lipinski definition) is 4. The summed E-state index contributed by atoms with van der Waals surface area (Å²) in [6, 6.07) is 5.25. The van der Waals surface area contributed by atoms with Gasteiger partial charge in [-0.3, -0.25) is 0 Å². The van der Waals surface area contributed by atoms with Crippen LogP contribution in [0.15, 0.2) is 18.2 Å². The van der Waals surface area contributed by atoms with Gasteiger partial charge >= 0.3 is 6.03 Å². The third-order valence-electron chi connectivity index (χ3n) is 2.48. The highest BCUT2D eigenvalue weighted by molar-refractivity contribution is 5.71. The molecule has 0 radical (unpaired) electrons. The van der Waals surface area contributed by atoms with Gasteiger partial charge in [-0.2, -0.15) is 0 Å². The first kappa shape index (κ1) is 15.1. The fourth-order valence-corrected chi connectivity index (χ4v) is 1.70. The van der Waals surface area contributed by atoms with E-state index in [0.29, 0.717) is 26.2 Å². The molecule has 1 rings (SSSR count). The van der Waals surface area contributed by atoms with Crippen molar-refractivity contribution in [2.24, 2.45) is 5.73 Å². The number of para-hydroxylation sites is 1. The normalized spacial score (nSPS) is 10.0. The molecular weight excluding hydrogens is 246 g/mol. The largest absolute Gasteiger partial charge is 0.493 e. The molecule has 0 aliphatic rings. The molecule has 6 heteroatoms. The molecule has 4 N–H and O–H groups in total. The maximum absolute atomic E-state index is 10.5. The number of amides is 2. The van der Waals surface area contributed by atoms with E-state index in [1.807, 2.05) is 25.1 Å². The summed E-state index contributed by atoms with van der Waals surface area (Å²) in [7, 11) is 1.62. The lowest BCUT2D eigenvalue weighted by Gasteiger charge is -2.14. The van der Waals surface area contributed by atoms with Crippen LogP contribution in [-0.4, -0.2) is 32.8 Å². The first-order valence-electron chi connectivity index (χ1n) is 6.21. The molecule has 0 aliphatic carbocycles. The highest BCUT2D eigenvalue weighted by Gasteiger charge is 2.09. The van der Waals surface area contributed by atoms with Gasteiger partial charge in [0.15, 0.2) is 11.5 Å². The van der Waals surface area contributed by atoms with Crippen LogP contribution in [0.3, 0.4) is 0 Å². The van der Waals surface area contributed by atoms with Gasteiger partial charge in [0.25, 0.3) is 0 Å². The Balaban J connectivity index is 2.52. The smallest absolute Gasteiger partial charge is 0.312 e. The maximum atomic E-state index is 10.5. The first-order chi connectivity index (χ1) is 9.19. The van der Waals surface area contributed by atoms with Crippen molar-refractivity contribution in [3.05, 3.63) is 23.8 Å². The number of nitrogens with two attached hydrogens (primary N) is 1. The molecule has 0 bridgehead atoms. The topological polar surface area (TPSA) is 85.6 Å². The van der Waals surface area contributed by atoms with Gasteiger partial charge in [-0.15, -0.1) is 0 Å². The molecule has 0 aromatic heterocycles. The van der Waals surface area contributed by atoms with Crippen LogP contribution in [0.2, 0.25) is 0 Å². The van der Waals surface area contributed by atoms with Crippen molar-refractivity contribution in [3.63, 3.8) is 0 Å². The van der Waals surface area contributed by atoms with Gasteiger partial charge in [0.2, 0.25) is 0 Å². The van der Waals surface area contributed by atoms with E-state index in [0.717, 1.165) is 17.1 Å². The zero-order valence-corrected chi connectivity index (χ0v) is 11.4. The molecule has 19 heavy (non-hydrogen) atoms. The van der Waals surface area contributed by atoms with Gasteiger partial charge in [0, 0.05) is 25.2 Å². The van der Waals surface area contributed by atoms with E-state index < -0.39 is 6.03 Å². The Labute approximate surface area is 113 Å². The number of benzene rings is 1. The lowest BCUT2D eigenvalue weighted by molar-refractivity contribution is 0.249. The third-order valence-corrected chi connectivity index (χ3v) is 2.48. The number of carbonyl (C=O) groups excluding carboxylic acids is 1. The van der Waals surface area contributed by atoms with Gasteiger partial charge in [-0.1, -0.05) is 12.1 Å². The molecule has 0 aliphatic heterocycles. The zero-order chi connectivity index (χ0) is 14.1. The standard InChI is InChI=1S/C13H21N3O3/c1-3-19-11-6-4-5-10(12(11)18-2)9-15-7-8-16-13(14)17/h4-6,15H,3,7-9H2,1-2H3,(H3,14,16,17). The lowest BCUT2D eigenvalue weighted by atomic mass is 10.2. The molecule has 6 nitrogen and oxygen atoms in total. The highest BCUT2D eigenvalue weighted by atomic mass is 16.5.